The van der Waals surface area contributed by atoms with Crippen LogP contribution < -0.4 is 5.19 Å². The van der Waals surface area contributed by atoms with Crippen molar-refractivity contribution in [2.75, 3.05) is 14.2 Å². The molecule has 0 saturated carbocycles. The molecule has 0 radical (unpaired) electrons. The van der Waals surface area contributed by atoms with Gasteiger partial charge in [0.2, 0.25) is 0 Å². The van der Waals surface area contributed by atoms with Crippen LogP contribution in [-0.4, -0.2) is 23.5 Å². The minimum Gasteiger partial charge on any atom is -0.397 e. The van der Waals surface area contributed by atoms with Crippen LogP contribution in [0.5, 0.6) is 0 Å². The van der Waals surface area contributed by atoms with Crippen molar-refractivity contribution in [3.63, 3.8) is 0 Å². The molecule has 0 heterocycles. The maximum Gasteiger partial charge on any atom is 0.355 e. The first-order valence-electron chi connectivity index (χ1n) is 6.20. The lowest BCUT2D eigenvalue weighted by Gasteiger charge is -2.19. The van der Waals surface area contributed by atoms with E-state index in [0.29, 0.717) is 0 Å². The summed E-state index contributed by atoms with van der Waals surface area (Å²) in [6, 6.07) is 8.52. The molecule has 0 saturated heterocycles. The molecule has 1 aliphatic rings. The highest BCUT2D eigenvalue weighted by Gasteiger charge is 2.19. The van der Waals surface area contributed by atoms with Gasteiger partial charge < -0.3 is 8.85 Å². The molecule has 0 unspecified atom stereocenters. The van der Waals surface area contributed by atoms with E-state index in [1.54, 1.807) is 14.2 Å². The van der Waals surface area contributed by atoms with E-state index < -0.39 is 9.28 Å². The average Bonchev–Trinajstić information content (AvgIpc) is 2.42. The van der Waals surface area contributed by atoms with E-state index in [1.165, 1.54) is 42.0 Å². The molecular weight excluding hydrogens is 228 g/mol. The summed E-state index contributed by atoms with van der Waals surface area (Å²) in [5.74, 6) is 0. The Bertz CT molecular complexity index is 397. The predicted molar refractivity (Wildman–Crippen MR) is 73.7 cm³/mol. The smallest absolute Gasteiger partial charge is 0.355 e. The number of allylic oxidation sites excluding steroid dienone is 2. The Morgan fingerprint density at radius 3 is 2.47 bits per heavy atom. The zero-order valence-electron chi connectivity index (χ0n) is 10.6. The predicted octanol–water partition coefficient (Wildman–Crippen LogP) is 2.36. The third-order valence-electron chi connectivity index (χ3n) is 3.28. The lowest BCUT2D eigenvalue weighted by Crippen LogP contribution is -2.37. The molecule has 2 rings (SSSR count). The van der Waals surface area contributed by atoms with Crippen molar-refractivity contribution in [2.24, 2.45) is 0 Å². The Morgan fingerprint density at radius 1 is 1.06 bits per heavy atom. The molecule has 0 bridgehead atoms. The van der Waals surface area contributed by atoms with Gasteiger partial charge in [-0.3, -0.25) is 0 Å². The van der Waals surface area contributed by atoms with E-state index in [4.69, 9.17) is 8.85 Å². The molecular formula is C14H20O2Si. The van der Waals surface area contributed by atoms with E-state index in [1.807, 2.05) is 0 Å². The summed E-state index contributed by atoms with van der Waals surface area (Å²) < 4.78 is 11.0. The highest BCUT2D eigenvalue weighted by Crippen LogP contribution is 2.25. The lowest BCUT2D eigenvalue weighted by molar-refractivity contribution is 0.292. The van der Waals surface area contributed by atoms with Crippen LogP contribution in [0.15, 0.2) is 30.3 Å². The fourth-order valence-corrected chi connectivity index (χ4v) is 3.93. The SMILES string of the molecule is CO[SiH](OC)c1ccccc1C1=CCCCC1. The zero-order chi connectivity index (χ0) is 12.1. The summed E-state index contributed by atoms with van der Waals surface area (Å²) in [5, 5.41) is 1.27. The second-order valence-electron chi connectivity index (χ2n) is 4.37. The first-order chi connectivity index (χ1) is 8.36. The molecule has 92 valence electrons. The third-order valence-corrected chi connectivity index (χ3v) is 5.15. The van der Waals surface area contributed by atoms with Gasteiger partial charge in [0.05, 0.1) is 0 Å². The van der Waals surface area contributed by atoms with Crippen LogP contribution in [0.4, 0.5) is 0 Å². The van der Waals surface area contributed by atoms with Crippen LogP contribution in [0.2, 0.25) is 0 Å². The maximum absolute atomic E-state index is 5.51. The highest BCUT2D eigenvalue weighted by atomic mass is 28.3. The van der Waals surface area contributed by atoms with Crippen LogP contribution in [0.25, 0.3) is 5.57 Å². The van der Waals surface area contributed by atoms with Crippen LogP contribution in [0, 0.1) is 0 Å². The van der Waals surface area contributed by atoms with Crippen molar-refractivity contribution in [2.45, 2.75) is 25.7 Å². The molecule has 1 aromatic carbocycles. The summed E-state index contributed by atoms with van der Waals surface area (Å²) in [6.45, 7) is 0. The van der Waals surface area contributed by atoms with Gasteiger partial charge in [0.15, 0.2) is 0 Å². The van der Waals surface area contributed by atoms with Crippen LogP contribution >= 0.6 is 0 Å². The normalized spacial score (nSPS) is 16.1. The van der Waals surface area contributed by atoms with E-state index in [-0.39, 0.29) is 0 Å². The second kappa shape index (κ2) is 6.14. The van der Waals surface area contributed by atoms with Crippen molar-refractivity contribution >= 4 is 20.0 Å². The van der Waals surface area contributed by atoms with Gasteiger partial charge in [-0.2, -0.15) is 0 Å². The topological polar surface area (TPSA) is 18.5 Å². The van der Waals surface area contributed by atoms with E-state index in [9.17, 15) is 0 Å². The van der Waals surface area contributed by atoms with Crippen LogP contribution in [-0.2, 0) is 8.85 Å². The van der Waals surface area contributed by atoms with E-state index in [0.717, 1.165) is 0 Å². The Hall–Kier alpha value is -0.903. The van der Waals surface area contributed by atoms with Gasteiger partial charge in [-0.15, -0.1) is 0 Å². The van der Waals surface area contributed by atoms with Crippen LogP contribution in [0.3, 0.4) is 0 Å². The largest absolute Gasteiger partial charge is 0.397 e. The molecule has 0 fully saturated rings. The molecule has 0 spiro atoms. The maximum atomic E-state index is 5.51. The van der Waals surface area contributed by atoms with Crippen molar-refractivity contribution in [3.05, 3.63) is 35.9 Å². The van der Waals surface area contributed by atoms with Crippen LogP contribution in [0.1, 0.15) is 31.2 Å². The first-order valence-corrected chi connectivity index (χ1v) is 7.72. The fourth-order valence-electron chi connectivity index (χ4n) is 2.43. The monoisotopic (exact) mass is 248 g/mol. The Kier molecular flexibility index (Phi) is 4.54. The first kappa shape index (κ1) is 12.6. The molecule has 1 aliphatic carbocycles. The quantitative estimate of drug-likeness (QED) is 0.762. The summed E-state index contributed by atoms with van der Waals surface area (Å²) in [4.78, 5) is 0. The molecule has 0 N–H and O–H groups in total. The Balaban J connectivity index is 2.35. The van der Waals surface area contributed by atoms with Crippen molar-refractivity contribution < 1.29 is 8.85 Å². The zero-order valence-corrected chi connectivity index (χ0v) is 11.8. The van der Waals surface area contributed by atoms with Gasteiger partial charge in [-0.05, 0) is 42.0 Å². The minimum atomic E-state index is -1.70. The van der Waals surface area contributed by atoms with Crippen molar-refractivity contribution in [1.82, 2.24) is 0 Å². The van der Waals surface area contributed by atoms with E-state index in [2.05, 4.69) is 30.3 Å². The molecule has 2 nitrogen and oxygen atoms in total. The standard InChI is InChI=1S/C14H20O2Si/c1-15-17(16-2)14-11-7-6-10-13(14)12-8-4-3-5-9-12/h6-8,10-11,17H,3-5,9H2,1-2H3. The molecule has 0 atom stereocenters. The van der Waals surface area contributed by atoms with Gasteiger partial charge in [0.25, 0.3) is 0 Å². The molecule has 1 aromatic rings. The van der Waals surface area contributed by atoms with E-state index >= 15 is 0 Å². The summed E-state index contributed by atoms with van der Waals surface area (Å²) >= 11 is 0. The lowest BCUT2D eigenvalue weighted by atomic mass is 9.94. The third kappa shape index (κ3) is 2.86. The van der Waals surface area contributed by atoms with Gasteiger partial charge >= 0.3 is 9.28 Å². The van der Waals surface area contributed by atoms with Gasteiger partial charge in [-0.25, -0.2) is 0 Å². The number of benzene rings is 1. The van der Waals surface area contributed by atoms with Gasteiger partial charge in [0.1, 0.15) is 0 Å². The number of rotatable bonds is 4. The van der Waals surface area contributed by atoms with Gasteiger partial charge in [-0.1, -0.05) is 30.3 Å². The second-order valence-corrected chi connectivity index (χ2v) is 6.59. The molecule has 0 aromatic heterocycles. The Morgan fingerprint density at radius 2 is 1.82 bits per heavy atom. The molecule has 17 heavy (non-hydrogen) atoms. The van der Waals surface area contributed by atoms with Gasteiger partial charge in [0, 0.05) is 14.2 Å². The fraction of sp³-hybridized carbons (Fsp3) is 0.429. The molecule has 0 amide bonds. The summed E-state index contributed by atoms with van der Waals surface area (Å²) in [7, 11) is 1.78. The highest BCUT2D eigenvalue weighted by molar-refractivity contribution is 6.62. The molecule has 0 aliphatic heterocycles. The summed E-state index contributed by atoms with van der Waals surface area (Å²) in [6.07, 6.45) is 7.38. The number of hydrogen-bond donors (Lipinski definition) is 0. The average molecular weight is 248 g/mol. The molecule has 3 heteroatoms. The van der Waals surface area contributed by atoms with Crippen molar-refractivity contribution in [3.8, 4) is 0 Å². The number of hydrogen-bond acceptors (Lipinski definition) is 2. The minimum absolute atomic E-state index is 1.19. The van der Waals surface area contributed by atoms with Crippen molar-refractivity contribution in [1.29, 1.82) is 0 Å². The summed E-state index contributed by atoms with van der Waals surface area (Å²) in [5.41, 5.74) is 2.81. The Labute approximate surface area is 105 Å².